The lowest BCUT2D eigenvalue weighted by molar-refractivity contribution is 0.600. The van der Waals surface area contributed by atoms with Crippen molar-refractivity contribution >= 4 is 43.1 Å². The van der Waals surface area contributed by atoms with E-state index in [1.807, 2.05) is 6.92 Å². The van der Waals surface area contributed by atoms with Gasteiger partial charge in [0, 0.05) is 22.1 Å². The second-order valence-electron chi connectivity index (χ2n) is 3.84. The molecule has 0 amide bonds. The molecule has 102 valence electrons. The number of hydrogen-bond donors (Lipinski definition) is 2. The minimum atomic E-state index is -3.64. The summed E-state index contributed by atoms with van der Waals surface area (Å²) in [5, 5.41) is 1.71. The SMILES string of the molecule is Cc1cc(NS(=O)(=O)c2ccsc2CN)ncc1Br. The van der Waals surface area contributed by atoms with Crippen LogP contribution in [-0.2, 0) is 16.6 Å². The van der Waals surface area contributed by atoms with Crippen molar-refractivity contribution in [1.82, 2.24) is 4.98 Å². The van der Waals surface area contributed by atoms with Crippen LogP contribution in [0.25, 0.3) is 0 Å². The molecule has 0 fully saturated rings. The number of nitrogens with zero attached hydrogens (tertiary/aromatic N) is 1. The average molecular weight is 362 g/mol. The number of halogens is 1. The molecule has 0 saturated carbocycles. The van der Waals surface area contributed by atoms with Gasteiger partial charge < -0.3 is 5.73 Å². The van der Waals surface area contributed by atoms with E-state index in [1.165, 1.54) is 11.3 Å². The molecule has 0 spiro atoms. The number of nitrogens with one attached hydrogen (secondary N) is 1. The quantitative estimate of drug-likeness (QED) is 0.875. The maximum absolute atomic E-state index is 12.2. The Kier molecular flexibility index (Phi) is 4.24. The van der Waals surface area contributed by atoms with Crippen LogP contribution >= 0.6 is 27.3 Å². The molecule has 2 aromatic heterocycles. The standard InChI is InChI=1S/C11H12BrN3O2S2/c1-7-4-11(14-6-8(7)12)15-19(16,17)10-2-3-18-9(10)5-13/h2-4,6H,5,13H2,1H3,(H,14,15). The van der Waals surface area contributed by atoms with Gasteiger partial charge in [0.15, 0.2) is 0 Å². The summed E-state index contributed by atoms with van der Waals surface area (Å²) in [6.45, 7) is 2.06. The Morgan fingerprint density at radius 1 is 1.53 bits per heavy atom. The summed E-state index contributed by atoms with van der Waals surface area (Å²) < 4.78 is 27.7. The lowest BCUT2D eigenvalue weighted by atomic mass is 10.3. The second-order valence-corrected chi connectivity index (χ2v) is 7.34. The fraction of sp³-hybridized carbons (Fsp3) is 0.182. The van der Waals surface area contributed by atoms with Gasteiger partial charge in [-0.15, -0.1) is 11.3 Å². The van der Waals surface area contributed by atoms with Gasteiger partial charge in [0.05, 0.1) is 0 Å². The molecule has 0 aliphatic rings. The van der Waals surface area contributed by atoms with Crippen LogP contribution in [-0.4, -0.2) is 13.4 Å². The third-order valence-electron chi connectivity index (χ3n) is 2.47. The highest BCUT2D eigenvalue weighted by molar-refractivity contribution is 9.10. The molecule has 2 rings (SSSR count). The van der Waals surface area contributed by atoms with E-state index in [-0.39, 0.29) is 17.3 Å². The number of pyridine rings is 1. The van der Waals surface area contributed by atoms with Gasteiger partial charge in [-0.2, -0.15) is 0 Å². The highest BCUT2D eigenvalue weighted by atomic mass is 79.9. The Hall–Kier alpha value is -0.960. The molecule has 19 heavy (non-hydrogen) atoms. The van der Waals surface area contributed by atoms with Crippen molar-refractivity contribution in [3.8, 4) is 0 Å². The Balaban J connectivity index is 2.34. The van der Waals surface area contributed by atoms with E-state index in [4.69, 9.17) is 5.73 Å². The van der Waals surface area contributed by atoms with Gasteiger partial charge in [-0.3, -0.25) is 4.72 Å². The van der Waals surface area contributed by atoms with E-state index < -0.39 is 10.0 Å². The zero-order chi connectivity index (χ0) is 14.0. The van der Waals surface area contributed by atoms with Gasteiger partial charge >= 0.3 is 0 Å². The van der Waals surface area contributed by atoms with E-state index in [0.29, 0.717) is 4.88 Å². The summed E-state index contributed by atoms with van der Waals surface area (Å²) in [4.78, 5) is 4.86. The highest BCUT2D eigenvalue weighted by Crippen LogP contribution is 2.24. The van der Waals surface area contributed by atoms with E-state index in [9.17, 15) is 8.42 Å². The summed E-state index contributed by atoms with van der Waals surface area (Å²) in [6.07, 6.45) is 1.56. The molecular formula is C11H12BrN3O2S2. The number of aryl methyl sites for hydroxylation is 1. The molecule has 2 aromatic rings. The summed E-state index contributed by atoms with van der Waals surface area (Å²) in [6, 6.07) is 3.21. The summed E-state index contributed by atoms with van der Waals surface area (Å²) in [5.41, 5.74) is 6.43. The summed E-state index contributed by atoms with van der Waals surface area (Å²) in [5.74, 6) is 0.287. The molecule has 2 heterocycles. The molecule has 0 radical (unpaired) electrons. The van der Waals surface area contributed by atoms with Crippen molar-refractivity contribution < 1.29 is 8.42 Å². The van der Waals surface area contributed by atoms with Crippen LogP contribution in [0.4, 0.5) is 5.82 Å². The van der Waals surface area contributed by atoms with Gasteiger partial charge in [0.2, 0.25) is 0 Å². The van der Waals surface area contributed by atoms with Crippen molar-refractivity contribution in [3.05, 3.63) is 38.6 Å². The van der Waals surface area contributed by atoms with E-state index >= 15 is 0 Å². The first-order chi connectivity index (χ1) is 8.94. The van der Waals surface area contributed by atoms with E-state index in [1.54, 1.807) is 23.7 Å². The number of aromatic nitrogens is 1. The Labute approximate surface area is 124 Å². The van der Waals surface area contributed by atoms with Crippen LogP contribution in [0.5, 0.6) is 0 Å². The molecular weight excluding hydrogens is 350 g/mol. The van der Waals surface area contributed by atoms with Crippen LogP contribution in [0.2, 0.25) is 0 Å². The normalized spacial score (nSPS) is 11.5. The lowest BCUT2D eigenvalue weighted by Gasteiger charge is -2.08. The average Bonchev–Trinajstić information content (AvgIpc) is 2.82. The monoisotopic (exact) mass is 361 g/mol. The number of thiophene rings is 1. The first kappa shape index (κ1) is 14.4. The molecule has 0 bridgehead atoms. The van der Waals surface area contributed by atoms with Crippen LogP contribution in [0.3, 0.4) is 0 Å². The number of hydrogen-bond acceptors (Lipinski definition) is 5. The Morgan fingerprint density at radius 2 is 2.26 bits per heavy atom. The molecule has 0 aromatic carbocycles. The molecule has 5 nitrogen and oxygen atoms in total. The molecule has 0 saturated heterocycles. The fourth-order valence-corrected chi connectivity index (χ4v) is 4.06. The first-order valence-corrected chi connectivity index (χ1v) is 8.51. The van der Waals surface area contributed by atoms with Crippen LogP contribution in [0.15, 0.2) is 33.1 Å². The van der Waals surface area contributed by atoms with Gasteiger partial charge in [-0.25, -0.2) is 13.4 Å². The molecule has 0 aliphatic heterocycles. The maximum Gasteiger partial charge on any atom is 0.264 e. The minimum absolute atomic E-state index is 0.195. The van der Waals surface area contributed by atoms with Crippen molar-refractivity contribution in [2.45, 2.75) is 18.4 Å². The zero-order valence-corrected chi connectivity index (χ0v) is 13.3. The van der Waals surface area contributed by atoms with Crippen LogP contribution < -0.4 is 10.5 Å². The van der Waals surface area contributed by atoms with E-state index in [2.05, 4.69) is 25.6 Å². The van der Waals surface area contributed by atoms with Crippen molar-refractivity contribution in [2.75, 3.05) is 4.72 Å². The van der Waals surface area contributed by atoms with Crippen molar-refractivity contribution in [2.24, 2.45) is 5.73 Å². The molecule has 3 N–H and O–H groups in total. The fourth-order valence-electron chi connectivity index (χ4n) is 1.50. The highest BCUT2D eigenvalue weighted by Gasteiger charge is 2.19. The minimum Gasteiger partial charge on any atom is -0.326 e. The van der Waals surface area contributed by atoms with Crippen molar-refractivity contribution in [3.63, 3.8) is 0 Å². The van der Waals surface area contributed by atoms with E-state index in [0.717, 1.165) is 10.0 Å². The predicted molar refractivity (Wildman–Crippen MR) is 79.7 cm³/mol. The topological polar surface area (TPSA) is 85.1 Å². The molecule has 8 heteroatoms. The predicted octanol–water partition coefficient (Wildman–Crippen LogP) is 2.47. The van der Waals surface area contributed by atoms with Gasteiger partial charge in [-0.1, -0.05) is 0 Å². The number of rotatable bonds is 4. The largest absolute Gasteiger partial charge is 0.326 e. The lowest BCUT2D eigenvalue weighted by Crippen LogP contribution is -2.15. The number of nitrogens with two attached hydrogens (primary N) is 1. The Bertz CT molecular complexity index is 698. The second kappa shape index (κ2) is 5.58. The third kappa shape index (κ3) is 3.14. The summed E-state index contributed by atoms with van der Waals surface area (Å²) >= 11 is 4.64. The molecule has 0 unspecified atom stereocenters. The van der Waals surface area contributed by atoms with Crippen molar-refractivity contribution in [1.29, 1.82) is 0 Å². The smallest absolute Gasteiger partial charge is 0.264 e. The van der Waals surface area contributed by atoms with Gasteiger partial charge in [0.25, 0.3) is 10.0 Å². The Morgan fingerprint density at radius 3 is 2.89 bits per heavy atom. The number of anilines is 1. The zero-order valence-electron chi connectivity index (χ0n) is 10.1. The summed E-state index contributed by atoms with van der Waals surface area (Å²) in [7, 11) is -3.64. The van der Waals surface area contributed by atoms with Crippen LogP contribution in [0, 0.1) is 6.92 Å². The van der Waals surface area contributed by atoms with Gasteiger partial charge in [-0.05, 0) is 45.9 Å². The van der Waals surface area contributed by atoms with Crippen LogP contribution in [0.1, 0.15) is 10.4 Å². The number of sulfonamides is 1. The first-order valence-electron chi connectivity index (χ1n) is 5.35. The molecule has 0 atom stereocenters. The third-order valence-corrected chi connectivity index (χ3v) is 5.81. The van der Waals surface area contributed by atoms with Gasteiger partial charge in [0.1, 0.15) is 10.7 Å². The maximum atomic E-state index is 12.2. The molecule has 0 aliphatic carbocycles.